The Morgan fingerprint density at radius 3 is 3.00 bits per heavy atom. The summed E-state index contributed by atoms with van der Waals surface area (Å²) in [4.78, 5) is 25.4. The lowest BCUT2D eigenvalue weighted by Gasteiger charge is -2.32. The Kier molecular flexibility index (Phi) is 4.28. The van der Waals surface area contributed by atoms with Crippen molar-refractivity contribution in [2.75, 3.05) is 18.4 Å². The fourth-order valence-corrected chi connectivity index (χ4v) is 3.43. The average Bonchev–Trinajstić information content (AvgIpc) is 3.06. The first-order valence-corrected chi connectivity index (χ1v) is 7.74. The van der Waals surface area contributed by atoms with Crippen LogP contribution in [0.2, 0.25) is 0 Å². The zero-order valence-corrected chi connectivity index (χ0v) is 12.5. The van der Waals surface area contributed by atoms with Gasteiger partial charge < -0.3 is 16.4 Å². The number of urea groups is 1. The molecule has 8 heteroatoms. The largest absolute Gasteiger partial charge is 0.368 e. The molecule has 0 radical (unpaired) electrons. The fourth-order valence-electron chi connectivity index (χ4n) is 3.43. The van der Waals surface area contributed by atoms with Gasteiger partial charge in [-0.25, -0.2) is 4.79 Å². The Balaban J connectivity index is 1.52. The van der Waals surface area contributed by atoms with Crippen LogP contribution >= 0.6 is 0 Å². The summed E-state index contributed by atoms with van der Waals surface area (Å²) in [5.41, 5.74) is 5.66. The third-order valence-electron chi connectivity index (χ3n) is 4.38. The van der Waals surface area contributed by atoms with Gasteiger partial charge >= 0.3 is 6.03 Å². The molecule has 120 valence electrons. The summed E-state index contributed by atoms with van der Waals surface area (Å²) in [6, 6.07) is 0.453. The van der Waals surface area contributed by atoms with Crippen LogP contribution in [-0.2, 0) is 11.3 Å². The van der Waals surface area contributed by atoms with Crippen LogP contribution in [0.3, 0.4) is 0 Å². The Morgan fingerprint density at radius 2 is 2.18 bits per heavy atom. The van der Waals surface area contributed by atoms with Gasteiger partial charge in [-0.2, -0.15) is 5.10 Å². The van der Waals surface area contributed by atoms with Crippen LogP contribution < -0.4 is 16.4 Å². The van der Waals surface area contributed by atoms with E-state index in [0.717, 1.165) is 25.9 Å². The van der Waals surface area contributed by atoms with Crippen molar-refractivity contribution in [3.05, 3.63) is 12.4 Å². The van der Waals surface area contributed by atoms with Gasteiger partial charge in [0.05, 0.1) is 11.9 Å². The van der Waals surface area contributed by atoms with Crippen LogP contribution in [0.15, 0.2) is 12.4 Å². The maximum Gasteiger partial charge on any atom is 0.319 e. The van der Waals surface area contributed by atoms with Gasteiger partial charge in [-0.15, -0.1) is 0 Å². The molecule has 2 aliphatic heterocycles. The average molecular weight is 306 g/mol. The van der Waals surface area contributed by atoms with Crippen molar-refractivity contribution in [1.29, 1.82) is 0 Å². The molecule has 0 aliphatic carbocycles. The monoisotopic (exact) mass is 306 g/mol. The first-order chi connectivity index (χ1) is 10.6. The highest BCUT2D eigenvalue weighted by Gasteiger charge is 2.36. The molecule has 3 rings (SSSR count). The minimum Gasteiger partial charge on any atom is -0.368 e. The molecule has 3 heterocycles. The number of nitrogens with two attached hydrogens (primary N) is 1. The van der Waals surface area contributed by atoms with Gasteiger partial charge in [-0.05, 0) is 25.8 Å². The number of aromatic nitrogens is 2. The normalized spacial score (nSPS) is 24.7. The van der Waals surface area contributed by atoms with E-state index in [0.29, 0.717) is 11.7 Å². The summed E-state index contributed by atoms with van der Waals surface area (Å²) < 4.78 is 1.40. The lowest BCUT2D eigenvalue weighted by Crippen LogP contribution is -2.47. The summed E-state index contributed by atoms with van der Waals surface area (Å²) in [5, 5.41) is 9.78. The molecule has 22 heavy (non-hydrogen) atoms. The Bertz CT molecular complexity index is 557. The molecular formula is C14H22N6O2. The number of carbonyl (C=O) groups excluding carboxylic acids is 2. The molecule has 0 spiro atoms. The second-order valence-corrected chi connectivity index (χ2v) is 5.99. The zero-order chi connectivity index (χ0) is 15.5. The minimum atomic E-state index is -0.470. The summed E-state index contributed by atoms with van der Waals surface area (Å²) in [7, 11) is 0. The Hall–Kier alpha value is -2.09. The quantitative estimate of drug-likeness (QED) is 0.734. The Labute approximate surface area is 129 Å². The summed E-state index contributed by atoms with van der Waals surface area (Å²) >= 11 is 0. The van der Waals surface area contributed by atoms with Gasteiger partial charge in [-0.1, -0.05) is 6.42 Å². The van der Waals surface area contributed by atoms with Crippen molar-refractivity contribution in [3.8, 4) is 0 Å². The number of carbonyl (C=O) groups is 2. The predicted octanol–water partition coefficient (Wildman–Crippen LogP) is 0.117. The van der Waals surface area contributed by atoms with Crippen LogP contribution in [0, 0.1) is 0 Å². The van der Waals surface area contributed by atoms with Gasteiger partial charge in [0.1, 0.15) is 6.54 Å². The molecule has 0 aromatic carbocycles. The smallest absolute Gasteiger partial charge is 0.319 e. The topological polar surface area (TPSA) is 105 Å². The van der Waals surface area contributed by atoms with E-state index in [1.807, 2.05) is 0 Å². The molecule has 2 fully saturated rings. The van der Waals surface area contributed by atoms with Crippen LogP contribution in [0.4, 0.5) is 10.5 Å². The highest BCUT2D eigenvalue weighted by Crippen LogP contribution is 2.27. The number of fused-ring (bicyclic) bond motifs is 1. The lowest BCUT2D eigenvalue weighted by atomic mass is 9.99. The molecular weight excluding hydrogens is 284 g/mol. The highest BCUT2D eigenvalue weighted by molar-refractivity contribution is 5.89. The Morgan fingerprint density at radius 1 is 1.32 bits per heavy atom. The van der Waals surface area contributed by atoms with Crippen LogP contribution in [0.1, 0.15) is 25.7 Å². The standard InChI is InChI=1S/C14H22N6O2/c15-13(21)9-20-8-10(7-16-20)17-14(22)18-11-4-6-19-5-2-1-3-12(11)19/h7-8,11-12H,1-6,9H2,(H2,15,21)(H2,17,18,22)/t11-,12-/m1/s1. The molecule has 1 aromatic rings. The number of primary amides is 1. The van der Waals surface area contributed by atoms with Gasteiger partial charge in [0.15, 0.2) is 0 Å². The van der Waals surface area contributed by atoms with Crippen LogP contribution in [0.25, 0.3) is 0 Å². The third kappa shape index (κ3) is 3.38. The maximum atomic E-state index is 12.1. The molecule has 3 amide bonds. The predicted molar refractivity (Wildman–Crippen MR) is 81.2 cm³/mol. The number of amides is 3. The van der Waals surface area contributed by atoms with E-state index in [1.54, 1.807) is 6.20 Å². The number of rotatable bonds is 4. The summed E-state index contributed by atoms with van der Waals surface area (Å²) in [6.07, 6.45) is 7.74. The number of nitrogens with one attached hydrogen (secondary N) is 2. The SMILES string of the molecule is NC(=O)Cn1cc(NC(=O)N[C@@H]2CCN3CCCC[C@H]23)cn1. The number of hydrogen-bond donors (Lipinski definition) is 3. The fraction of sp³-hybridized carbons (Fsp3) is 0.643. The van der Waals surface area contributed by atoms with E-state index >= 15 is 0 Å². The second-order valence-electron chi connectivity index (χ2n) is 5.99. The minimum absolute atomic E-state index is 0.00293. The number of nitrogens with zero attached hydrogens (tertiary/aromatic N) is 3. The molecule has 0 unspecified atom stereocenters. The molecule has 2 saturated heterocycles. The molecule has 0 saturated carbocycles. The number of hydrogen-bond acceptors (Lipinski definition) is 4. The van der Waals surface area contributed by atoms with Gasteiger partial charge in [0.2, 0.25) is 5.91 Å². The second kappa shape index (κ2) is 6.35. The van der Waals surface area contributed by atoms with Gasteiger partial charge in [0, 0.05) is 24.8 Å². The van der Waals surface area contributed by atoms with E-state index in [1.165, 1.54) is 23.7 Å². The molecule has 2 atom stereocenters. The van der Waals surface area contributed by atoms with Crippen molar-refractivity contribution < 1.29 is 9.59 Å². The first kappa shape index (κ1) is 14.8. The van der Waals surface area contributed by atoms with E-state index < -0.39 is 5.91 Å². The molecule has 1 aromatic heterocycles. The van der Waals surface area contributed by atoms with Crippen LogP contribution in [-0.4, -0.2) is 51.8 Å². The van der Waals surface area contributed by atoms with Crippen molar-refractivity contribution in [1.82, 2.24) is 20.0 Å². The van der Waals surface area contributed by atoms with Crippen molar-refractivity contribution in [2.24, 2.45) is 5.73 Å². The molecule has 8 nitrogen and oxygen atoms in total. The van der Waals surface area contributed by atoms with E-state index in [4.69, 9.17) is 5.73 Å². The van der Waals surface area contributed by atoms with Crippen molar-refractivity contribution in [2.45, 2.75) is 44.3 Å². The van der Waals surface area contributed by atoms with E-state index in [2.05, 4.69) is 20.6 Å². The maximum absolute atomic E-state index is 12.1. The van der Waals surface area contributed by atoms with E-state index in [9.17, 15) is 9.59 Å². The molecule has 0 bridgehead atoms. The van der Waals surface area contributed by atoms with Crippen molar-refractivity contribution in [3.63, 3.8) is 0 Å². The zero-order valence-electron chi connectivity index (χ0n) is 12.5. The summed E-state index contributed by atoms with van der Waals surface area (Å²) in [5.74, 6) is -0.470. The third-order valence-corrected chi connectivity index (χ3v) is 4.38. The van der Waals surface area contributed by atoms with E-state index in [-0.39, 0.29) is 18.6 Å². The number of anilines is 1. The summed E-state index contributed by atoms with van der Waals surface area (Å²) in [6.45, 7) is 2.21. The molecule has 4 N–H and O–H groups in total. The van der Waals surface area contributed by atoms with Gasteiger partial charge in [0.25, 0.3) is 0 Å². The first-order valence-electron chi connectivity index (χ1n) is 7.74. The lowest BCUT2D eigenvalue weighted by molar-refractivity contribution is -0.118. The highest BCUT2D eigenvalue weighted by atomic mass is 16.2. The van der Waals surface area contributed by atoms with Crippen LogP contribution in [0.5, 0.6) is 0 Å². The van der Waals surface area contributed by atoms with Gasteiger partial charge in [-0.3, -0.25) is 14.4 Å². The number of piperidine rings is 1. The molecule has 2 aliphatic rings. The van der Waals surface area contributed by atoms with Crippen molar-refractivity contribution >= 4 is 17.6 Å².